The van der Waals surface area contributed by atoms with Crippen molar-refractivity contribution in [1.29, 1.82) is 0 Å². The first-order valence-electron chi connectivity index (χ1n) is 19.3. The molecular weight excluding hydrogens is 711 g/mol. The summed E-state index contributed by atoms with van der Waals surface area (Å²) in [6.07, 6.45) is 0. The van der Waals surface area contributed by atoms with E-state index in [1.165, 1.54) is 48.0 Å². The van der Waals surface area contributed by atoms with Crippen LogP contribution in [-0.4, -0.2) is 0 Å². The molecule has 2 nitrogen and oxygen atoms in total. The zero-order chi connectivity index (χ0) is 37.7. The SMILES string of the molecule is c1ccc(-c2ccc(-c3ccc(N(c4ccc(-c5ccc6c(c5)sc5ccccc56)cc4)c4c(-c5ccccc5)ccc5c4oc4ccccc45)cc3)cc2)cc1. The van der Waals surface area contributed by atoms with Crippen molar-refractivity contribution in [2.24, 2.45) is 0 Å². The molecule has 0 bridgehead atoms. The molecule has 2 aromatic heterocycles. The molecule has 2 heterocycles. The lowest BCUT2D eigenvalue weighted by Crippen LogP contribution is -2.11. The normalized spacial score (nSPS) is 11.5. The van der Waals surface area contributed by atoms with Crippen molar-refractivity contribution in [3.05, 3.63) is 212 Å². The first-order valence-corrected chi connectivity index (χ1v) is 20.1. The maximum atomic E-state index is 6.83. The highest BCUT2D eigenvalue weighted by molar-refractivity contribution is 7.25. The second-order valence-corrected chi connectivity index (χ2v) is 15.6. The van der Waals surface area contributed by atoms with Gasteiger partial charge in [0.1, 0.15) is 5.58 Å². The third kappa shape index (κ3) is 5.88. The van der Waals surface area contributed by atoms with Crippen molar-refractivity contribution in [3.63, 3.8) is 0 Å². The van der Waals surface area contributed by atoms with E-state index in [9.17, 15) is 0 Å². The Labute approximate surface area is 335 Å². The zero-order valence-electron chi connectivity index (χ0n) is 31.0. The Morgan fingerprint density at radius 2 is 0.807 bits per heavy atom. The van der Waals surface area contributed by atoms with Gasteiger partial charge in [0, 0.05) is 47.9 Å². The second-order valence-electron chi connectivity index (χ2n) is 14.5. The summed E-state index contributed by atoms with van der Waals surface area (Å²) in [5.41, 5.74) is 14.2. The Hall–Kier alpha value is -7.20. The molecule has 0 spiro atoms. The minimum atomic E-state index is 0.859. The van der Waals surface area contributed by atoms with Gasteiger partial charge < -0.3 is 9.32 Å². The number of nitrogens with zero attached hydrogens (tertiary/aromatic N) is 1. The van der Waals surface area contributed by atoms with Crippen LogP contribution in [0.2, 0.25) is 0 Å². The maximum Gasteiger partial charge on any atom is 0.160 e. The molecule has 3 heteroatoms. The van der Waals surface area contributed by atoms with Crippen molar-refractivity contribution in [2.75, 3.05) is 4.90 Å². The fourth-order valence-corrected chi connectivity index (χ4v) is 9.40. The van der Waals surface area contributed by atoms with Crippen molar-refractivity contribution < 1.29 is 4.42 Å². The molecule has 0 saturated carbocycles. The van der Waals surface area contributed by atoms with Crippen LogP contribution >= 0.6 is 11.3 Å². The van der Waals surface area contributed by atoms with E-state index in [1.54, 1.807) is 0 Å². The number of benzene rings is 9. The van der Waals surface area contributed by atoms with Crippen LogP contribution in [-0.2, 0) is 0 Å². The van der Waals surface area contributed by atoms with Crippen LogP contribution in [0.25, 0.3) is 86.6 Å². The lowest BCUT2D eigenvalue weighted by atomic mass is 9.98. The van der Waals surface area contributed by atoms with E-state index in [0.717, 1.165) is 55.7 Å². The Morgan fingerprint density at radius 1 is 0.333 bits per heavy atom. The molecule has 11 rings (SSSR count). The fourth-order valence-electron chi connectivity index (χ4n) is 8.25. The lowest BCUT2D eigenvalue weighted by molar-refractivity contribution is 0.669. The zero-order valence-corrected chi connectivity index (χ0v) is 31.8. The number of furan rings is 1. The molecule has 0 N–H and O–H groups in total. The molecule has 0 aliphatic rings. The summed E-state index contributed by atoms with van der Waals surface area (Å²) in [7, 11) is 0. The third-order valence-electron chi connectivity index (χ3n) is 11.1. The van der Waals surface area contributed by atoms with Gasteiger partial charge in [-0.2, -0.15) is 0 Å². The van der Waals surface area contributed by atoms with E-state index in [4.69, 9.17) is 4.42 Å². The number of rotatable bonds is 7. The van der Waals surface area contributed by atoms with Crippen LogP contribution in [0.15, 0.2) is 217 Å². The summed E-state index contributed by atoms with van der Waals surface area (Å²) >= 11 is 1.86. The highest BCUT2D eigenvalue weighted by Crippen LogP contribution is 2.48. The molecule has 0 amide bonds. The molecule has 0 atom stereocenters. The number of thiophene rings is 1. The number of fused-ring (bicyclic) bond motifs is 6. The topological polar surface area (TPSA) is 16.4 Å². The minimum Gasteiger partial charge on any atom is -0.454 e. The fraction of sp³-hybridized carbons (Fsp3) is 0. The number of para-hydroxylation sites is 1. The van der Waals surface area contributed by atoms with Crippen molar-refractivity contribution in [1.82, 2.24) is 0 Å². The van der Waals surface area contributed by atoms with Crippen LogP contribution in [0, 0.1) is 0 Å². The number of anilines is 3. The third-order valence-corrected chi connectivity index (χ3v) is 12.3. The Morgan fingerprint density at radius 3 is 1.47 bits per heavy atom. The van der Waals surface area contributed by atoms with Crippen molar-refractivity contribution >= 4 is 70.5 Å². The van der Waals surface area contributed by atoms with Crippen LogP contribution in [0.1, 0.15) is 0 Å². The summed E-state index contributed by atoms with van der Waals surface area (Å²) in [4.78, 5) is 2.37. The van der Waals surface area contributed by atoms with Gasteiger partial charge in [-0.25, -0.2) is 0 Å². The summed E-state index contributed by atoms with van der Waals surface area (Å²) in [6.45, 7) is 0. The molecule has 268 valence electrons. The standard InChI is InChI=1S/C54H35NOS/c1-3-11-36(12-4-1)37-19-21-38(22-20-37)39-23-28-43(29-24-39)55(44-30-25-40(26-31-44)42-27-32-48-47-16-8-10-18-51(47)57-52(48)35-42)53-45(41-13-5-2-6-14-41)33-34-49-46-15-7-9-17-50(46)56-54(49)53/h1-35H. The Bertz CT molecular complexity index is 3200. The van der Waals surface area contributed by atoms with Crippen LogP contribution in [0.5, 0.6) is 0 Å². The summed E-state index contributed by atoms with van der Waals surface area (Å²) < 4.78 is 9.45. The van der Waals surface area contributed by atoms with Gasteiger partial charge >= 0.3 is 0 Å². The molecule has 9 aromatic carbocycles. The molecule has 0 aliphatic heterocycles. The van der Waals surface area contributed by atoms with E-state index >= 15 is 0 Å². The second kappa shape index (κ2) is 13.8. The van der Waals surface area contributed by atoms with Gasteiger partial charge in [0.25, 0.3) is 0 Å². The first-order chi connectivity index (χ1) is 28.2. The lowest BCUT2D eigenvalue weighted by Gasteiger charge is -2.28. The van der Waals surface area contributed by atoms with E-state index in [0.29, 0.717) is 0 Å². The predicted octanol–water partition coefficient (Wildman–Crippen LogP) is 16.1. The minimum absolute atomic E-state index is 0.859. The molecule has 0 unspecified atom stereocenters. The van der Waals surface area contributed by atoms with Crippen molar-refractivity contribution in [2.45, 2.75) is 0 Å². The molecule has 57 heavy (non-hydrogen) atoms. The van der Waals surface area contributed by atoms with E-state index < -0.39 is 0 Å². The highest BCUT2D eigenvalue weighted by atomic mass is 32.1. The van der Waals surface area contributed by atoms with Gasteiger partial charge in [-0.15, -0.1) is 11.3 Å². The molecule has 11 aromatic rings. The van der Waals surface area contributed by atoms with Gasteiger partial charge in [0.05, 0.1) is 5.69 Å². The van der Waals surface area contributed by atoms with Crippen molar-refractivity contribution in [3.8, 4) is 44.5 Å². The average molecular weight is 746 g/mol. The number of hydrogen-bond acceptors (Lipinski definition) is 3. The molecule has 0 fully saturated rings. The molecule has 0 radical (unpaired) electrons. The maximum absolute atomic E-state index is 6.83. The molecule has 0 aliphatic carbocycles. The smallest absolute Gasteiger partial charge is 0.160 e. The predicted molar refractivity (Wildman–Crippen MR) is 243 cm³/mol. The molecular formula is C54H35NOS. The van der Waals surface area contributed by atoms with Crippen LogP contribution in [0.4, 0.5) is 17.1 Å². The summed E-state index contributed by atoms with van der Waals surface area (Å²) in [5.74, 6) is 0. The van der Waals surface area contributed by atoms with Crippen LogP contribution in [0.3, 0.4) is 0 Å². The quantitative estimate of drug-likeness (QED) is 0.162. The van der Waals surface area contributed by atoms with E-state index in [-0.39, 0.29) is 0 Å². The van der Waals surface area contributed by atoms with Gasteiger partial charge in [0.2, 0.25) is 0 Å². The number of hydrogen-bond donors (Lipinski definition) is 0. The first kappa shape index (κ1) is 33.2. The Kier molecular flexibility index (Phi) is 8.04. The van der Waals surface area contributed by atoms with Gasteiger partial charge in [-0.05, 0) is 87.5 Å². The Balaban J connectivity index is 1.06. The monoisotopic (exact) mass is 745 g/mol. The summed E-state index contributed by atoms with van der Waals surface area (Å²) in [5, 5.41) is 4.83. The van der Waals surface area contributed by atoms with Gasteiger partial charge in [0.15, 0.2) is 5.58 Å². The van der Waals surface area contributed by atoms with Crippen LogP contribution < -0.4 is 4.90 Å². The average Bonchev–Trinajstić information content (AvgIpc) is 3.86. The van der Waals surface area contributed by atoms with E-state index in [2.05, 4.69) is 211 Å². The van der Waals surface area contributed by atoms with Gasteiger partial charge in [-0.3, -0.25) is 0 Å². The summed E-state index contributed by atoms with van der Waals surface area (Å²) in [6, 6.07) is 76.3. The molecule has 0 saturated heterocycles. The highest BCUT2D eigenvalue weighted by Gasteiger charge is 2.24. The van der Waals surface area contributed by atoms with Gasteiger partial charge in [-0.1, -0.05) is 164 Å². The van der Waals surface area contributed by atoms with E-state index in [1.807, 2.05) is 17.4 Å². The largest absolute Gasteiger partial charge is 0.454 e.